The van der Waals surface area contributed by atoms with Crippen LogP contribution in [0.3, 0.4) is 0 Å². The average Bonchev–Trinajstić information content (AvgIpc) is 2.72. The van der Waals surface area contributed by atoms with Gasteiger partial charge < -0.3 is 5.32 Å². The van der Waals surface area contributed by atoms with Crippen LogP contribution in [0.1, 0.15) is 19.0 Å². The van der Waals surface area contributed by atoms with Crippen molar-refractivity contribution < 1.29 is 0 Å². The first kappa shape index (κ1) is 13.4. The molecule has 1 unspecified atom stereocenters. The number of hydrogen-bond acceptors (Lipinski definition) is 3. The Bertz CT molecular complexity index is 507. The molecule has 1 aromatic heterocycles. The molecule has 1 N–H and O–H groups in total. The van der Waals surface area contributed by atoms with Gasteiger partial charge in [-0.2, -0.15) is 16.9 Å². The first-order valence-corrected chi connectivity index (χ1v) is 7.65. The molecule has 4 heteroatoms. The molecule has 1 aromatic carbocycles. The van der Waals surface area contributed by atoms with E-state index in [-0.39, 0.29) is 0 Å². The molecule has 0 radical (unpaired) electrons. The molecule has 3 nitrogen and oxygen atoms in total. The Morgan fingerprint density at radius 2 is 2.17 bits per heavy atom. The summed E-state index contributed by atoms with van der Waals surface area (Å²) in [6.45, 7) is 4.16. The smallest absolute Gasteiger partial charge is 0.0841 e. The molecule has 0 saturated heterocycles. The summed E-state index contributed by atoms with van der Waals surface area (Å²) in [6.07, 6.45) is 3.36. The van der Waals surface area contributed by atoms with Crippen LogP contribution >= 0.6 is 11.8 Å². The largest absolute Gasteiger partial charge is 0.311 e. The van der Waals surface area contributed by atoms with Gasteiger partial charge in [-0.3, -0.25) is 4.68 Å². The van der Waals surface area contributed by atoms with Gasteiger partial charge in [-0.05, 0) is 25.3 Å². The van der Waals surface area contributed by atoms with Crippen molar-refractivity contribution in [3.63, 3.8) is 0 Å². The third kappa shape index (κ3) is 3.06. The maximum absolute atomic E-state index is 4.58. The van der Waals surface area contributed by atoms with E-state index in [0.29, 0.717) is 0 Å². The minimum atomic E-state index is 0.720. The summed E-state index contributed by atoms with van der Waals surface area (Å²) in [7, 11) is 2.00. The minimum Gasteiger partial charge on any atom is -0.311 e. The number of aryl methyl sites for hydroxylation is 1. The van der Waals surface area contributed by atoms with Gasteiger partial charge in [0, 0.05) is 24.2 Å². The van der Waals surface area contributed by atoms with E-state index >= 15 is 0 Å². The molecule has 18 heavy (non-hydrogen) atoms. The summed E-state index contributed by atoms with van der Waals surface area (Å²) < 4.78 is 1.96. The molecule has 0 aliphatic carbocycles. The summed E-state index contributed by atoms with van der Waals surface area (Å²) >= 11 is 1.92. The lowest BCUT2D eigenvalue weighted by atomic mass is 10.2. The monoisotopic (exact) mass is 263 g/mol. The lowest BCUT2D eigenvalue weighted by Crippen LogP contribution is -2.18. The highest BCUT2D eigenvalue weighted by molar-refractivity contribution is 7.99. The number of benzene rings is 1. The van der Waals surface area contributed by atoms with Crippen LogP contribution in [-0.2, 0) is 13.6 Å². The summed E-state index contributed by atoms with van der Waals surface area (Å²) in [6, 6.07) is 8.39. The molecule has 2 rings (SSSR count). The van der Waals surface area contributed by atoms with Crippen molar-refractivity contribution in [2.24, 2.45) is 7.05 Å². The molecule has 0 saturated carbocycles. The SMILES string of the molecule is CSC(C)CCNCc1nn(C)c2ccccc12. The Morgan fingerprint density at radius 1 is 1.39 bits per heavy atom. The minimum absolute atomic E-state index is 0.720. The predicted octanol–water partition coefficient (Wildman–Crippen LogP) is 2.80. The zero-order valence-corrected chi connectivity index (χ0v) is 12.1. The van der Waals surface area contributed by atoms with E-state index in [4.69, 9.17) is 0 Å². The van der Waals surface area contributed by atoms with Crippen LogP contribution in [0.15, 0.2) is 24.3 Å². The van der Waals surface area contributed by atoms with Crippen molar-refractivity contribution >= 4 is 22.7 Å². The fraction of sp³-hybridized carbons (Fsp3) is 0.500. The molecule has 0 spiro atoms. The van der Waals surface area contributed by atoms with E-state index < -0.39 is 0 Å². The van der Waals surface area contributed by atoms with E-state index in [2.05, 4.69) is 47.9 Å². The molecule has 98 valence electrons. The van der Waals surface area contributed by atoms with Gasteiger partial charge in [0.25, 0.3) is 0 Å². The number of rotatable bonds is 6. The second-order valence-electron chi connectivity index (χ2n) is 4.60. The molecule has 0 bridgehead atoms. The van der Waals surface area contributed by atoms with Gasteiger partial charge >= 0.3 is 0 Å². The number of nitrogens with zero attached hydrogens (tertiary/aromatic N) is 2. The third-order valence-electron chi connectivity index (χ3n) is 3.26. The van der Waals surface area contributed by atoms with Gasteiger partial charge in [-0.1, -0.05) is 25.1 Å². The number of aromatic nitrogens is 2. The quantitative estimate of drug-likeness (QED) is 0.813. The van der Waals surface area contributed by atoms with Crippen LogP contribution in [0.4, 0.5) is 0 Å². The molecule has 1 heterocycles. The number of hydrogen-bond donors (Lipinski definition) is 1. The topological polar surface area (TPSA) is 29.9 Å². The highest BCUT2D eigenvalue weighted by Crippen LogP contribution is 2.17. The number of thioether (sulfide) groups is 1. The standard InChI is InChI=1S/C14H21N3S/c1-11(18-3)8-9-15-10-13-12-6-4-5-7-14(12)17(2)16-13/h4-7,11,15H,8-10H2,1-3H3. The first-order valence-electron chi connectivity index (χ1n) is 6.36. The predicted molar refractivity (Wildman–Crippen MR) is 80.0 cm³/mol. The second kappa shape index (κ2) is 6.25. The molecule has 1 atom stereocenters. The van der Waals surface area contributed by atoms with Gasteiger partial charge in [0.1, 0.15) is 0 Å². The fourth-order valence-corrected chi connectivity index (χ4v) is 2.40. The molecule has 0 aliphatic heterocycles. The Morgan fingerprint density at radius 3 is 2.94 bits per heavy atom. The molecular weight excluding hydrogens is 242 g/mol. The molecule has 0 aliphatic rings. The molecular formula is C14H21N3S. The molecule has 0 fully saturated rings. The van der Waals surface area contributed by atoms with E-state index in [9.17, 15) is 0 Å². The number of nitrogens with one attached hydrogen (secondary N) is 1. The first-order chi connectivity index (χ1) is 8.72. The third-order valence-corrected chi connectivity index (χ3v) is 4.30. The molecule has 0 amide bonds. The highest BCUT2D eigenvalue weighted by Gasteiger charge is 2.07. The number of fused-ring (bicyclic) bond motifs is 1. The second-order valence-corrected chi connectivity index (χ2v) is 5.88. The Kier molecular flexibility index (Phi) is 4.66. The van der Waals surface area contributed by atoms with Crippen molar-refractivity contribution in [1.29, 1.82) is 0 Å². The van der Waals surface area contributed by atoms with Crippen LogP contribution in [-0.4, -0.2) is 27.8 Å². The summed E-state index contributed by atoms with van der Waals surface area (Å²) in [5.41, 5.74) is 2.34. The van der Waals surface area contributed by atoms with Gasteiger partial charge in [0.05, 0.1) is 11.2 Å². The van der Waals surface area contributed by atoms with Crippen LogP contribution < -0.4 is 5.32 Å². The van der Waals surface area contributed by atoms with Crippen molar-refractivity contribution in [3.05, 3.63) is 30.0 Å². The lowest BCUT2D eigenvalue weighted by Gasteiger charge is -2.08. The Labute approximate surface area is 113 Å². The zero-order chi connectivity index (χ0) is 13.0. The van der Waals surface area contributed by atoms with Crippen molar-refractivity contribution in [1.82, 2.24) is 15.1 Å². The lowest BCUT2D eigenvalue weighted by molar-refractivity contribution is 0.630. The van der Waals surface area contributed by atoms with Gasteiger partial charge in [0.15, 0.2) is 0 Å². The summed E-state index contributed by atoms with van der Waals surface area (Å²) in [5, 5.41) is 10.0. The maximum Gasteiger partial charge on any atom is 0.0841 e. The highest BCUT2D eigenvalue weighted by atomic mass is 32.2. The zero-order valence-electron chi connectivity index (χ0n) is 11.3. The summed E-state index contributed by atoms with van der Waals surface area (Å²) in [5.74, 6) is 0. The Balaban J connectivity index is 1.96. The summed E-state index contributed by atoms with van der Waals surface area (Å²) in [4.78, 5) is 0. The van der Waals surface area contributed by atoms with Crippen molar-refractivity contribution in [2.75, 3.05) is 12.8 Å². The van der Waals surface area contributed by atoms with Crippen molar-refractivity contribution in [2.45, 2.75) is 25.1 Å². The van der Waals surface area contributed by atoms with Gasteiger partial charge in [-0.25, -0.2) is 0 Å². The van der Waals surface area contributed by atoms with E-state index in [1.54, 1.807) is 0 Å². The number of para-hydroxylation sites is 1. The van der Waals surface area contributed by atoms with E-state index in [1.807, 2.05) is 23.5 Å². The van der Waals surface area contributed by atoms with Gasteiger partial charge in [0.2, 0.25) is 0 Å². The van der Waals surface area contributed by atoms with Gasteiger partial charge in [-0.15, -0.1) is 0 Å². The van der Waals surface area contributed by atoms with Crippen LogP contribution in [0, 0.1) is 0 Å². The van der Waals surface area contributed by atoms with Crippen molar-refractivity contribution in [3.8, 4) is 0 Å². The normalized spacial score (nSPS) is 13.1. The van der Waals surface area contributed by atoms with E-state index in [1.165, 1.54) is 17.3 Å². The maximum atomic E-state index is 4.58. The Hall–Kier alpha value is -1.00. The van der Waals surface area contributed by atoms with Crippen LogP contribution in [0.25, 0.3) is 10.9 Å². The van der Waals surface area contributed by atoms with E-state index in [0.717, 1.165) is 24.0 Å². The van der Waals surface area contributed by atoms with Crippen LogP contribution in [0.2, 0.25) is 0 Å². The fourth-order valence-electron chi connectivity index (χ4n) is 2.05. The van der Waals surface area contributed by atoms with Crippen LogP contribution in [0.5, 0.6) is 0 Å². The average molecular weight is 263 g/mol. The molecule has 2 aromatic rings.